The third kappa shape index (κ3) is 9.58. The molecule has 0 radical (unpaired) electrons. The minimum absolute atomic E-state index is 0.885. The van der Waals surface area contributed by atoms with Crippen molar-refractivity contribution in [3.8, 4) is 5.75 Å². The first-order valence-electron chi connectivity index (χ1n) is 13.9. The summed E-state index contributed by atoms with van der Waals surface area (Å²) >= 11 is 0. The smallest absolute Gasteiger partial charge is 0.119 e. The molecule has 1 nitrogen and oxygen atoms in total. The topological polar surface area (TPSA) is 9.23 Å². The Labute approximate surface area is 193 Å². The number of hydrogen-bond acceptors (Lipinski definition) is 1. The Balaban J connectivity index is 1.22. The molecule has 2 saturated carbocycles. The summed E-state index contributed by atoms with van der Waals surface area (Å²) in [5.74, 6) is 4.97. The van der Waals surface area contributed by atoms with Gasteiger partial charge in [-0.2, -0.15) is 0 Å². The van der Waals surface area contributed by atoms with E-state index in [4.69, 9.17) is 4.74 Å². The summed E-state index contributed by atoms with van der Waals surface area (Å²) in [7, 11) is 0. The van der Waals surface area contributed by atoms with Gasteiger partial charge in [-0.3, -0.25) is 0 Å². The lowest BCUT2D eigenvalue weighted by Crippen LogP contribution is -2.15. The molecule has 2 aliphatic rings. The molecule has 0 aromatic heterocycles. The molecule has 0 N–H and O–H groups in total. The minimum atomic E-state index is 0.885. The largest absolute Gasteiger partial charge is 0.494 e. The van der Waals surface area contributed by atoms with Crippen LogP contribution in [0, 0.1) is 23.7 Å². The normalized spacial score (nSPS) is 26.6. The second-order valence-electron chi connectivity index (χ2n) is 11.0. The van der Waals surface area contributed by atoms with Crippen LogP contribution >= 0.6 is 0 Å². The zero-order valence-corrected chi connectivity index (χ0v) is 20.8. The molecular weight excluding hydrogens is 376 g/mol. The molecule has 0 aliphatic heterocycles. The summed E-state index contributed by atoms with van der Waals surface area (Å²) in [6.07, 6.45) is 24.1. The van der Waals surface area contributed by atoms with Gasteiger partial charge in [-0.05, 0) is 67.1 Å². The Bertz CT molecular complexity index is 561. The van der Waals surface area contributed by atoms with Crippen LogP contribution in [0.3, 0.4) is 0 Å². The quantitative estimate of drug-likeness (QED) is 0.285. The molecule has 0 unspecified atom stereocenters. The van der Waals surface area contributed by atoms with Crippen molar-refractivity contribution in [3.05, 3.63) is 29.8 Å². The van der Waals surface area contributed by atoms with Gasteiger partial charge in [0.15, 0.2) is 0 Å². The molecule has 0 atom stereocenters. The lowest BCUT2D eigenvalue weighted by molar-refractivity contribution is 0.228. The number of rotatable bonds is 13. The van der Waals surface area contributed by atoms with Gasteiger partial charge in [0, 0.05) is 0 Å². The highest BCUT2D eigenvalue weighted by molar-refractivity contribution is 5.27. The predicted octanol–water partition coefficient (Wildman–Crippen LogP) is 9.38. The Morgan fingerprint density at radius 1 is 0.677 bits per heavy atom. The summed E-state index contributed by atoms with van der Waals surface area (Å²) < 4.78 is 6.06. The van der Waals surface area contributed by atoms with E-state index in [0.29, 0.717) is 0 Å². The van der Waals surface area contributed by atoms with Crippen molar-refractivity contribution < 1.29 is 4.74 Å². The standard InChI is InChI=1S/C30H50O/c1-3-4-5-6-8-26-14-16-27(17-15-26)9-7-24-31-30-22-20-29(21-23-30)19-18-28-12-10-25(2)11-13-28/h20-23,25-28H,3-19,24H2,1-2H3. The molecule has 1 aromatic carbocycles. The molecule has 2 aliphatic carbocycles. The van der Waals surface area contributed by atoms with E-state index in [-0.39, 0.29) is 0 Å². The Morgan fingerprint density at radius 3 is 1.90 bits per heavy atom. The summed E-state index contributed by atoms with van der Waals surface area (Å²) in [5, 5.41) is 0. The van der Waals surface area contributed by atoms with Crippen LogP contribution in [0.15, 0.2) is 24.3 Å². The highest BCUT2D eigenvalue weighted by Gasteiger charge is 2.20. The maximum absolute atomic E-state index is 6.06. The summed E-state index contributed by atoms with van der Waals surface area (Å²) in [4.78, 5) is 0. The van der Waals surface area contributed by atoms with E-state index in [1.165, 1.54) is 115 Å². The minimum Gasteiger partial charge on any atom is -0.494 e. The van der Waals surface area contributed by atoms with E-state index < -0.39 is 0 Å². The molecule has 2 fully saturated rings. The van der Waals surface area contributed by atoms with Crippen molar-refractivity contribution in [2.45, 2.75) is 123 Å². The Kier molecular flexibility index (Phi) is 11.3. The first kappa shape index (κ1) is 24.7. The van der Waals surface area contributed by atoms with Crippen LogP contribution in [-0.4, -0.2) is 6.61 Å². The summed E-state index contributed by atoms with van der Waals surface area (Å²) in [6.45, 7) is 5.61. The van der Waals surface area contributed by atoms with Gasteiger partial charge in [-0.25, -0.2) is 0 Å². The van der Waals surface area contributed by atoms with Crippen LogP contribution < -0.4 is 4.74 Å². The Morgan fingerprint density at radius 2 is 1.26 bits per heavy atom. The molecule has 31 heavy (non-hydrogen) atoms. The summed E-state index contributed by atoms with van der Waals surface area (Å²) in [6, 6.07) is 8.98. The van der Waals surface area contributed by atoms with E-state index in [9.17, 15) is 0 Å². The van der Waals surface area contributed by atoms with Crippen LogP contribution in [0.25, 0.3) is 0 Å². The maximum atomic E-state index is 6.06. The molecular formula is C30H50O. The van der Waals surface area contributed by atoms with Crippen LogP contribution in [0.4, 0.5) is 0 Å². The van der Waals surface area contributed by atoms with Crippen molar-refractivity contribution in [1.82, 2.24) is 0 Å². The zero-order chi connectivity index (χ0) is 21.7. The van der Waals surface area contributed by atoms with Crippen molar-refractivity contribution in [1.29, 1.82) is 0 Å². The number of hydrogen-bond donors (Lipinski definition) is 0. The van der Waals surface area contributed by atoms with Gasteiger partial charge in [0.1, 0.15) is 5.75 Å². The van der Waals surface area contributed by atoms with Crippen LogP contribution in [-0.2, 0) is 6.42 Å². The number of unbranched alkanes of at least 4 members (excludes halogenated alkanes) is 3. The molecule has 3 rings (SSSR count). The predicted molar refractivity (Wildman–Crippen MR) is 135 cm³/mol. The van der Waals surface area contributed by atoms with Crippen molar-refractivity contribution in [3.63, 3.8) is 0 Å². The van der Waals surface area contributed by atoms with Crippen LogP contribution in [0.5, 0.6) is 5.75 Å². The highest BCUT2D eigenvalue weighted by Crippen LogP contribution is 2.34. The van der Waals surface area contributed by atoms with Crippen molar-refractivity contribution >= 4 is 0 Å². The average Bonchev–Trinajstić information content (AvgIpc) is 2.81. The Hall–Kier alpha value is -0.980. The second kappa shape index (κ2) is 14.2. The van der Waals surface area contributed by atoms with Gasteiger partial charge in [0.05, 0.1) is 6.61 Å². The fourth-order valence-corrected chi connectivity index (χ4v) is 5.97. The molecule has 176 valence electrons. The van der Waals surface area contributed by atoms with Gasteiger partial charge in [0.25, 0.3) is 0 Å². The monoisotopic (exact) mass is 426 g/mol. The van der Waals surface area contributed by atoms with Gasteiger partial charge in [-0.1, -0.05) is 109 Å². The molecule has 0 amide bonds. The zero-order valence-electron chi connectivity index (χ0n) is 20.8. The van der Waals surface area contributed by atoms with E-state index in [0.717, 1.165) is 36.0 Å². The average molecular weight is 427 g/mol. The lowest BCUT2D eigenvalue weighted by atomic mass is 9.78. The van der Waals surface area contributed by atoms with Crippen molar-refractivity contribution in [2.24, 2.45) is 23.7 Å². The van der Waals surface area contributed by atoms with Gasteiger partial charge in [-0.15, -0.1) is 0 Å². The molecule has 0 spiro atoms. The first-order chi connectivity index (χ1) is 15.2. The maximum Gasteiger partial charge on any atom is 0.119 e. The van der Waals surface area contributed by atoms with Crippen LogP contribution in [0.1, 0.15) is 122 Å². The van der Waals surface area contributed by atoms with E-state index in [1.54, 1.807) is 0 Å². The summed E-state index contributed by atoms with van der Waals surface area (Å²) in [5.41, 5.74) is 1.48. The van der Waals surface area contributed by atoms with Crippen LogP contribution in [0.2, 0.25) is 0 Å². The van der Waals surface area contributed by atoms with E-state index in [1.807, 2.05) is 0 Å². The third-order valence-electron chi connectivity index (χ3n) is 8.36. The van der Waals surface area contributed by atoms with Gasteiger partial charge >= 0.3 is 0 Å². The van der Waals surface area contributed by atoms with E-state index in [2.05, 4.69) is 38.1 Å². The third-order valence-corrected chi connectivity index (χ3v) is 8.36. The van der Waals surface area contributed by atoms with Crippen molar-refractivity contribution in [2.75, 3.05) is 6.61 Å². The second-order valence-corrected chi connectivity index (χ2v) is 11.0. The SMILES string of the molecule is CCCCCCC1CCC(CCCOc2ccc(CCC3CCC(C)CC3)cc2)CC1. The van der Waals surface area contributed by atoms with E-state index >= 15 is 0 Å². The highest BCUT2D eigenvalue weighted by atomic mass is 16.5. The molecule has 1 heteroatoms. The lowest BCUT2D eigenvalue weighted by Gasteiger charge is -2.28. The fraction of sp³-hybridized carbons (Fsp3) is 0.800. The van der Waals surface area contributed by atoms with Gasteiger partial charge < -0.3 is 4.74 Å². The molecule has 0 heterocycles. The number of aryl methyl sites for hydroxylation is 1. The molecule has 0 bridgehead atoms. The molecule has 1 aromatic rings. The van der Waals surface area contributed by atoms with Gasteiger partial charge in [0.2, 0.25) is 0 Å². The number of ether oxygens (including phenoxy) is 1. The molecule has 0 saturated heterocycles. The first-order valence-corrected chi connectivity index (χ1v) is 13.9. The fourth-order valence-electron chi connectivity index (χ4n) is 5.97. The number of benzene rings is 1.